The Morgan fingerprint density at radius 2 is 1.57 bits per heavy atom. The van der Waals surface area contributed by atoms with E-state index in [-0.39, 0.29) is 16.6 Å². The zero-order valence-electron chi connectivity index (χ0n) is 22.2. The van der Waals surface area contributed by atoms with Gasteiger partial charge in [0.15, 0.2) is 9.84 Å². The first kappa shape index (κ1) is 26.9. The Labute approximate surface area is 222 Å². The van der Waals surface area contributed by atoms with Gasteiger partial charge in [0.2, 0.25) is 0 Å². The number of aryl methyl sites for hydroxylation is 3. The third-order valence-electron chi connectivity index (χ3n) is 7.24. The fourth-order valence-electron chi connectivity index (χ4n) is 4.96. The Kier molecular flexibility index (Phi) is 8.70. The van der Waals surface area contributed by atoms with Crippen molar-refractivity contribution in [1.29, 1.82) is 0 Å². The molecule has 0 saturated carbocycles. The van der Waals surface area contributed by atoms with Crippen LogP contribution in [0.1, 0.15) is 58.8 Å². The van der Waals surface area contributed by atoms with Crippen molar-refractivity contribution >= 4 is 21.4 Å². The molecule has 1 amide bonds. The highest BCUT2D eigenvalue weighted by atomic mass is 32.2. The molecule has 37 heavy (non-hydrogen) atoms. The maximum absolute atomic E-state index is 13.6. The monoisotopic (exact) mass is 518 g/mol. The highest BCUT2D eigenvalue weighted by Crippen LogP contribution is 2.24. The molecule has 0 N–H and O–H groups in total. The van der Waals surface area contributed by atoms with Gasteiger partial charge < -0.3 is 9.80 Å². The number of carbonyl (C=O) groups excluding carboxylic acids is 1. The summed E-state index contributed by atoms with van der Waals surface area (Å²) in [6.45, 7) is 9.04. The molecule has 1 fully saturated rings. The zero-order chi connectivity index (χ0) is 26.4. The first-order valence-electron chi connectivity index (χ1n) is 13.3. The van der Waals surface area contributed by atoms with E-state index in [2.05, 4.69) is 30.9 Å². The number of unbranched alkanes of at least 4 members (excludes halogenated alkanes) is 1. The Balaban J connectivity index is 1.48. The van der Waals surface area contributed by atoms with Gasteiger partial charge in [0, 0.05) is 37.4 Å². The number of carbonyl (C=O) groups is 1. The quantitative estimate of drug-likeness (QED) is 0.369. The van der Waals surface area contributed by atoms with E-state index in [1.807, 2.05) is 48.2 Å². The van der Waals surface area contributed by atoms with E-state index in [0.29, 0.717) is 18.7 Å². The van der Waals surface area contributed by atoms with Crippen molar-refractivity contribution in [3.8, 4) is 0 Å². The zero-order valence-corrected chi connectivity index (χ0v) is 23.1. The Morgan fingerprint density at radius 1 is 0.838 bits per heavy atom. The lowest BCUT2D eigenvalue weighted by atomic mass is 10.1. The summed E-state index contributed by atoms with van der Waals surface area (Å²) < 4.78 is 26.6. The van der Waals surface area contributed by atoms with Crippen LogP contribution in [0.2, 0.25) is 0 Å². The molecule has 0 aliphatic carbocycles. The number of sulfone groups is 1. The average Bonchev–Trinajstić information content (AvgIpc) is 3.14. The van der Waals surface area contributed by atoms with Gasteiger partial charge in [-0.2, -0.15) is 0 Å². The summed E-state index contributed by atoms with van der Waals surface area (Å²) in [5.41, 5.74) is 5.69. The summed E-state index contributed by atoms with van der Waals surface area (Å²) in [4.78, 5) is 18.0. The van der Waals surface area contributed by atoms with Crippen LogP contribution in [0.3, 0.4) is 0 Å². The van der Waals surface area contributed by atoms with Crippen LogP contribution in [-0.2, 0) is 22.0 Å². The summed E-state index contributed by atoms with van der Waals surface area (Å²) in [6, 6.07) is 21.1. The van der Waals surface area contributed by atoms with Crippen molar-refractivity contribution in [2.45, 2.75) is 57.1 Å². The minimum atomic E-state index is -3.58. The van der Waals surface area contributed by atoms with E-state index < -0.39 is 9.84 Å². The van der Waals surface area contributed by atoms with Gasteiger partial charge in [-0.15, -0.1) is 0 Å². The normalized spacial score (nSPS) is 14.5. The minimum Gasteiger partial charge on any atom is -0.369 e. The van der Waals surface area contributed by atoms with Gasteiger partial charge in [-0.3, -0.25) is 4.79 Å². The van der Waals surface area contributed by atoms with Gasteiger partial charge in [0.05, 0.1) is 10.6 Å². The lowest BCUT2D eigenvalue weighted by Gasteiger charge is -2.25. The van der Waals surface area contributed by atoms with Crippen molar-refractivity contribution in [2.75, 3.05) is 31.1 Å². The average molecular weight is 519 g/mol. The van der Waals surface area contributed by atoms with Crippen LogP contribution in [0.15, 0.2) is 71.6 Å². The SMILES string of the molecule is CCCCc1ccc(CS(=O)(=O)c2ccc(C)c(C(=O)N3CCCN(c4ccccc4C)CC3)c2)cc1. The van der Waals surface area contributed by atoms with E-state index >= 15 is 0 Å². The van der Waals surface area contributed by atoms with E-state index in [9.17, 15) is 13.2 Å². The molecule has 1 aliphatic rings. The van der Waals surface area contributed by atoms with Crippen molar-refractivity contribution in [3.05, 3.63) is 94.5 Å². The predicted molar refractivity (Wildman–Crippen MR) is 151 cm³/mol. The molecule has 0 atom stereocenters. The van der Waals surface area contributed by atoms with Gasteiger partial charge >= 0.3 is 0 Å². The molecule has 0 spiro atoms. The molecule has 3 aromatic rings. The van der Waals surface area contributed by atoms with E-state index in [1.54, 1.807) is 18.2 Å². The standard InChI is InChI=1S/C31H38N2O3S/c1-4-5-10-26-13-15-27(16-14-26)23-37(35,36)28-17-12-24(2)29(22-28)31(34)33-19-8-18-32(20-21-33)30-11-7-6-9-25(30)3/h6-7,9,11-17,22H,4-5,8,10,18-21,23H2,1-3H3. The van der Waals surface area contributed by atoms with Crippen molar-refractivity contribution in [3.63, 3.8) is 0 Å². The first-order valence-corrected chi connectivity index (χ1v) is 14.9. The summed E-state index contributed by atoms with van der Waals surface area (Å²) in [5, 5.41) is 0. The second-order valence-corrected chi connectivity index (χ2v) is 12.1. The fourth-order valence-corrected chi connectivity index (χ4v) is 6.33. The molecular formula is C31H38N2O3S. The molecule has 0 aromatic heterocycles. The van der Waals surface area contributed by atoms with Crippen molar-refractivity contribution in [2.24, 2.45) is 0 Å². The van der Waals surface area contributed by atoms with Gasteiger partial charge in [-0.05, 0) is 73.6 Å². The van der Waals surface area contributed by atoms with Crippen molar-refractivity contribution < 1.29 is 13.2 Å². The number of hydrogen-bond acceptors (Lipinski definition) is 4. The maximum atomic E-state index is 13.6. The van der Waals surface area contributed by atoms with Crippen LogP contribution >= 0.6 is 0 Å². The van der Waals surface area contributed by atoms with Gasteiger partial charge in [0.1, 0.15) is 0 Å². The number of hydrogen-bond donors (Lipinski definition) is 0. The molecule has 196 valence electrons. The molecule has 6 heteroatoms. The second kappa shape index (κ2) is 12.0. The van der Waals surface area contributed by atoms with Crippen LogP contribution in [-0.4, -0.2) is 45.4 Å². The fraction of sp³-hybridized carbons (Fsp3) is 0.387. The Hall–Kier alpha value is -3.12. The molecule has 0 unspecified atom stereocenters. The smallest absolute Gasteiger partial charge is 0.254 e. The number of amides is 1. The molecule has 0 bridgehead atoms. The van der Waals surface area contributed by atoms with Gasteiger partial charge in [-0.1, -0.05) is 61.9 Å². The highest BCUT2D eigenvalue weighted by molar-refractivity contribution is 7.90. The van der Waals surface area contributed by atoms with Gasteiger partial charge in [0.25, 0.3) is 5.91 Å². The van der Waals surface area contributed by atoms with E-state index in [4.69, 9.17) is 0 Å². The van der Waals surface area contributed by atoms with E-state index in [0.717, 1.165) is 49.9 Å². The number of benzene rings is 3. The van der Waals surface area contributed by atoms with Crippen LogP contribution in [0.4, 0.5) is 5.69 Å². The predicted octanol–water partition coefficient (Wildman–Crippen LogP) is 5.97. The summed E-state index contributed by atoms with van der Waals surface area (Å²) in [6.07, 6.45) is 4.13. The molecule has 1 aliphatic heterocycles. The van der Waals surface area contributed by atoms with Crippen molar-refractivity contribution in [1.82, 2.24) is 4.90 Å². The molecule has 1 heterocycles. The molecule has 5 nitrogen and oxygen atoms in total. The molecule has 1 saturated heterocycles. The third-order valence-corrected chi connectivity index (χ3v) is 8.92. The summed E-state index contributed by atoms with van der Waals surface area (Å²) >= 11 is 0. The minimum absolute atomic E-state index is 0.0765. The summed E-state index contributed by atoms with van der Waals surface area (Å²) in [5.74, 6) is -0.172. The number of nitrogens with zero attached hydrogens (tertiary/aromatic N) is 2. The highest BCUT2D eigenvalue weighted by Gasteiger charge is 2.24. The number of anilines is 1. The lowest BCUT2D eigenvalue weighted by molar-refractivity contribution is 0.0766. The molecule has 0 radical (unpaired) electrons. The second-order valence-electron chi connectivity index (χ2n) is 10.1. The summed E-state index contributed by atoms with van der Waals surface area (Å²) in [7, 11) is -3.58. The van der Waals surface area contributed by atoms with Gasteiger partial charge in [-0.25, -0.2) is 8.42 Å². The topological polar surface area (TPSA) is 57.7 Å². The largest absolute Gasteiger partial charge is 0.369 e. The van der Waals surface area contributed by atoms with Crippen LogP contribution < -0.4 is 4.90 Å². The van der Waals surface area contributed by atoms with Crippen LogP contribution in [0, 0.1) is 13.8 Å². The Morgan fingerprint density at radius 3 is 2.30 bits per heavy atom. The van der Waals surface area contributed by atoms with Crippen LogP contribution in [0.5, 0.6) is 0 Å². The molecule has 3 aromatic carbocycles. The number of rotatable bonds is 8. The first-order chi connectivity index (χ1) is 17.8. The third kappa shape index (κ3) is 6.61. The van der Waals surface area contributed by atoms with E-state index in [1.165, 1.54) is 16.8 Å². The maximum Gasteiger partial charge on any atom is 0.254 e. The molecule has 4 rings (SSSR count). The lowest BCUT2D eigenvalue weighted by Crippen LogP contribution is -2.35. The number of para-hydroxylation sites is 1. The van der Waals surface area contributed by atoms with Crippen LogP contribution in [0.25, 0.3) is 0 Å². The Bertz CT molecular complexity index is 1330. The molecular weight excluding hydrogens is 480 g/mol.